The largest absolute Gasteiger partial charge is 0.504 e. The molecule has 0 amide bonds. The molecule has 5 nitrogen and oxygen atoms in total. The number of hydrogen-bond donors (Lipinski definition) is 5. The standard InChI is InChI=1S/C14H11ClO5/c15-8-4-1-7(2-5-8)3-6-9-10(16)12(18)14(20)13(19)11(9)17/h1-6,16-20H. The van der Waals surface area contributed by atoms with Gasteiger partial charge in [-0.05, 0) is 23.8 Å². The first kappa shape index (κ1) is 13.9. The third-order valence-corrected chi connectivity index (χ3v) is 2.97. The van der Waals surface area contributed by atoms with Gasteiger partial charge >= 0.3 is 0 Å². The van der Waals surface area contributed by atoms with E-state index in [-0.39, 0.29) is 5.56 Å². The van der Waals surface area contributed by atoms with Crippen LogP contribution in [0, 0.1) is 0 Å². The van der Waals surface area contributed by atoms with Crippen molar-refractivity contribution < 1.29 is 25.5 Å². The van der Waals surface area contributed by atoms with Crippen LogP contribution in [-0.2, 0) is 0 Å². The number of halogens is 1. The van der Waals surface area contributed by atoms with E-state index < -0.39 is 28.7 Å². The van der Waals surface area contributed by atoms with Crippen molar-refractivity contribution in [3.05, 3.63) is 40.4 Å². The zero-order valence-electron chi connectivity index (χ0n) is 10.1. The summed E-state index contributed by atoms with van der Waals surface area (Å²) >= 11 is 5.74. The summed E-state index contributed by atoms with van der Waals surface area (Å²) in [4.78, 5) is 0. The van der Waals surface area contributed by atoms with Gasteiger partial charge in [0, 0.05) is 5.02 Å². The molecule has 0 spiro atoms. The Morgan fingerprint density at radius 1 is 0.650 bits per heavy atom. The monoisotopic (exact) mass is 294 g/mol. The summed E-state index contributed by atoms with van der Waals surface area (Å²) < 4.78 is 0. The lowest BCUT2D eigenvalue weighted by Crippen LogP contribution is -1.82. The van der Waals surface area contributed by atoms with Crippen LogP contribution in [0.4, 0.5) is 0 Å². The summed E-state index contributed by atoms with van der Waals surface area (Å²) in [5.74, 6) is -4.26. The molecule has 20 heavy (non-hydrogen) atoms. The molecule has 0 radical (unpaired) electrons. The SMILES string of the molecule is Oc1c(O)c(O)c(C=Cc2ccc(Cl)cc2)c(O)c1O. The molecule has 2 aromatic rings. The highest BCUT2D eigenvalue weighted by Crippen LogP contribution is 2.51. The molecular formula is C14H11ClO5. The van der Waals surface area contributed by atoms with E-state index in [1.54, 1.807) is 24.3 Å². The summed E-state index contributed by atoms with van der Waals surface area (Å²) in [6.07, 6.45) is 2.81. The van der Waals surface area contributed by atoms with Crippen LogP contribution >= 0.6 is 11.6 Å². The summed E-state index contributed by atoms with van der Waals surface area (Å²) in [6, 6.07) is 6.72. The number of phenolic OH excluding ortho intramolecular Hbond substituents is 5. The number of hydrogen-bond acceptors (Lipinski definition) is 5. The molecule has 104 valence electrons. The smallest absolute Gasteiger partial charge is 0.208 e. The van der Waals surface area contributed by atoms with Crippen LogP contribution in [0.3, 0.4) is 0 Å². The van der Waals surface area contributed by atoms with Crippen molar-refractivity contribution in [2.45, 2.75) is 0 Å². The molecule has 6 heteroatoms. The van der Waals surface area contributed by atoms with Gasteiger partial charge in [-0.1, -0.05) is 29.8 Å². The molecule has 0 atom stereocenters. The van der Waals surface area contributed by atoms with Crippen molar-refractivity contribution in [2.75, 3.05) is 0 Å². The summed E-state index contributed by atoms with van der Waals surface area (Å²) in [7, 11) is 0. The van der Waals surface area contributed by atoms with Crippen molar-refractivity contribution in [1.82, 2.24) is 0 Å². The predicted molar refractivity (Wildman–Crippen MR) is 75.1 cm³/mol. The third kappa shape index (κ3) is 2.44. The van der Waals surface area contributed by atoms with E-state index in [4.69, 9.17) is 11.6 Å². The minimum atomic E-state index is -0.983. The van der Waals surface area contributed by atoms with E-state index >= 15 is 0 Å². The Morgan fingerprint density at radius 2 is 1.10 bits per heavy atom. The first-order chi connectivity index (χ1) is 9.41. The lowest BCUT2D eigenvalue weighted by molar-refractivity contribution is 0.327. The molecule has 0 aliphatic rings. The van der Waals surface area contributed by atoms with Gasteiger partial charge in [-0.25, -0.2) is 0 Å². The Labute approximate surface area is 119 Å². The van der Waals surface area contributed by atoms with Crippen molar-refractivity contribution >= 4 is 23.8 Å². The average Bonchev–Trinajstić information content (AvgIpc) is 2.45. The first-order valence-electron chi connectivity index (χ1n) is 5.54. The van der Waals surface area contributed by atoms with Gasteiger partial charge < -0.3 is 25.5 Å². The second-order valence-corrected chi connectivity index (χ2v) is 4.48. The van der Waals surface area contributed by atoms with Crippen LogP contribution in [0.2, 0.25) is 5.02 Å². The number of rotatable bonds is 2. The molecular weight excluding hydrogens is 284 g/mol. The molecule has 0 fully saturated rings. The van der Waals surface area contributed by atoms with Crippen LogP contribution in [0.15, 0.2) is 24.3 Å². The van der Waals surface area contributed by atoms with Gasteiger partial charge in [-0.3, -0.25) is 0 Å². The van der Waals surface area contributed by atoms with Gasteiger partial charge in [0.2, 0.25) is 17.2 Å². The molecule has 0 aromatic heterocycles. The predicted octanol–water partition coefficient (Wildman–Crippen LogP) is 3.04. The number of aromatic hydroxyl groups is 5. The zero-order chi connectivity index (χ0) is 14.9. The van der Waals surface area contributed by atoms with Crippen molar-refractivity contribution in [3.63, 3.8) is 0 Å². The molecule has 0 heterocycles. The molecule has 0 saturated heterocycles. The average molecular weight is 295 g/mol. The van der Waals surface area contributed by atoms with Gasteiger partial charge in [-0.15, -0.1) is 0 Å². The number of benzene rings is 2. The minimum absolute atomic E-state index is 0.215. The molecule has 0 aliphatic carbocycles. The maximum atomic E-state index is 9.65. The number of phenols is 5. The fourth-order valence-electron chi connectivity index (χ4n) is 1.62. The van der Waals surface area contributed by atoms with Crippen LogP contribution in [0.25, 0.3) is 12.2 Å². The highest BCUT2D eigenvalue weighted by atomic mass is 35.5. The molecule has 2 aromatic carbocycles. The van der Waals surface area contributed by atoms with E-state index in [1.807, 2.05) is 0 Å². The van der Waals surface area contributed by atoms with Crippen molar-refractivity contribution in [2.24, 2.45) is 0 Å². The summed E-state index contributed by atoms with van der Waals surface area (Å²) in [6.45, 7) is 0. The maximum absolute atomic E-state index is 9.65. The lowest BCUT2D eigenvalue weighted by atomic mass is 10.1. The highest BCUT2D eigenvalue weighted by molar-refractivity contribution is 6.30. The van der Waals surface area contributed by atoms with Gasteiger partial charge in [-0.2, -0.15) is 0 Å². The second-order valence-electron chi connectivity index (χ2n) is 4.04. The Hall–Kier alpha value is -2.53. The fourth-order valence-corrected chi connectivity index (χ4v) is 1.74. The van der Waals surface area contributed by atoms with E-state index in [0.717, 1.165) is 5.56 Å². The fraction of sp³-hybridized carbons (Fsp3) is 0. The Balaban J connectivity index is 2.46. The molecule has 2 rings (SSSR count). The van der Waals surface area contributed by atoms with Crippen molar-refractivity contribution in [1.29, 1.82) is 0 Å². The summed E-state index contributed by atoms with van der Waals surface area (Å²) in [5, 5.41) is 47.9. The van der Waals surface area contributed by atoms with Crippen molar-refractivity contribution in [3.8, 4) is 28.7 Å². The minimum Gasteiger partial charge on any atom is -0.504 e. The lowest BCUT2D eigenvalue weighted by Gasteiger charge is -2.09. The van der Waals surface area contributed by atoms with Gasteiger partial charge in [0.25, 0.3) is 0 Å². The van der Waals surface area contributed by atoms with Crippen LogP contribution in [-0.4, -0.2) is 25.5 Å². The zero-order valence-corrected chi connectivity index (χ0v) is 10.8. The van der Waals surface area contributed by atoms with Gasteiger partial charge in [0.05, 0.1) is 5.56 Å². The summed E-state index contributed by atoms with van der Waals surface area (Å²) in [5.41, 5.74) is 0.507. The van der Waals surface area contributed by atoms with E-state index in [0.29, 0.717) is 5.02 Å². The first-order valence-corrected chi connectivity index (χ1v) is 5.92. The quantitative estimate of drug-likeness (QED) is 0.333. The Kier molecular flexibility index (Phi) is 3.63. The van der Waals surface area contributed by atoms with E-state index in [9.17, 15) is 25.5 Å². The molecule has 0 saturated carbocycles. The van der Waals surface area contributed by atoms with Gasteiger partial charge in [0.15, 0.2) is 11.5 Å². The third-order valence-electron chi connectivity index (χ3n) is 2.72. The molecule has 0 unspecified atom stereocenters. The van der Waals surface area contributed by atoms with Crippen LogP contribution in [0.5, 0.6) is 28.7 Å². The Bertz CT molecular complexity index is 648. The van der Waals surface area contributed by atoms with E-state index in [1.165, 1.54) is 12.2 Å². The van der Waals surface area contributed by atoms with E-state index in [2.05, 4.69) is 0 Å². The Morgan fingerprint density at radius 3 is 1.60 bits per heavy atom. The topological polar surface area (TPSA) is 101 Å². The molecule has 5 N–H and O–H groups in total. The molecule has 0 bridgehead atoms. The van der Waals surface area contributed by atoms with Crippen LogP contribution < -0.4 is 0 Å². The molecule has 0 aliphatic heterocycles. The maximum Gasteiger partial charge on any atom is 0.208 e. The van der Waals surface area contributed by atoms with Gasteiger partial charge in [0.1, 0.15) is 0 Å². The van der Waals surface area contributed by atoms with Crippen LogP contribution in [0.1, 0.15) is 11.1 Å². The normalized spacial score (nSPS) is 11.1. The highest BCUT2D eigenvalue weighted by Gasteiger charge is 2.21. The second kappa shape index (κ2) is 5.22.